The normalized spacial score (nSPS) is 14.0. The Morgan fingerprint density at radius 2 is 1.72 bits per heavy atom. The van der Waals surface area contributed by atoms with Crippen LogP contribution < -0.4 is 29.0 Å². The summed E-state index contributed by atoms with van der Waals surface area (Å²) in [5.74, 6) is 2.85. The van der Waals surface area contributed by atoms with Crippen molar-refractivity contribution in [2.45, 2.75) is 6.54 Å². The number of amides is 1. The number of ether oxygens (including phenoxy) is 5. The Morgan fingerprint density at radius 1 is 0.966 bits per heavy atom. The van der Waals surface area contributed by atoms with Crippen molar-refractivity contribution < 1.29 is 28.5 Å². The third-order valence-electron chi connectivity index (χ3n) is 5.37. The Hall–Kier alpha value is -3.61. The minimum absolute atomic E-state index is 0.0896. The first-order valence-electron chi connectivity index (χ1n) is 9.13. The summed E-state index contributed by atoms with van der Waals surface area (Å²) >= 11 is 0. The molecule has 1 N–H and O–H groups in total. The highest BCUT2D eigenvalue weighted by molar-refractivity contribution is 6.11. The molecule has 0 aromatic heterocycles. The predicted molar refractivity (Wildman–Crippen MR) is 106 cm³/mol. The smallest absolute Gasteiger partial charge is 0.251 e. The SMILES string of the molecule is COc1cc(-c2c3c(cc4ccc5c(c24)OCO5)C(=O)NC3)cc(OC)c1OC. The molecule has 0 fully saturated rings. The molecule has 7 nitrogen and oxygen atoms in total. The average molecular weight is 393 g/mol. The van der Waals surface area contributed by atoms with E-state index in [1.54, 1.807) is 21.3 Å². The van der Waals surface area contributed by atoms with Gasteiger partial charge in [0.1, 0.15) is 0 Å². The molecular formula is C22H19NO6. The average Bonchev–Trinajstić information content (AvgIpc) is 3.37. The number of methoxy groups -OCH3 is 3. The number of hydrogen-bond donors (Lipinski definition) is 1. The summed E-state index contributed by atoms with van der Waals surface area (Å²) in [6.07, 6.45) is 0. The van der Waals surface area contributed by atoms with Crippen molar-refractivity contribution in [3.05, 3.63) is 41.5 Å². The molecule has 0 aliphatic carbocycles. The van der Waals surface area contributed by atoms with Crippen LogP contribution in [0.1, 0.15) is 15.9 Å². The molecule has 29 heavy (non-hydrogen) atoms. The summed E-state index contributed by atoms with van der Waals surface area (Å²) < 4.78 is 27.9. The lowest BCUT2D eigenvalue weighted by Crippen LogP contribution is -2.12. The fourth-order valence-electron chi connectivity index (χ4n) is 4.09. The third-order valence-corrected chi connectivity index (χ3v) is 5.37. The number of rotatable bonds is 4. The van der Waals surface area contributed by atoms with Crippen LogP contribution in [0.4, 0.5) is 0 Å². The van der Waals surface area contributed by atoms with E-state index in [0.717, 1.165) is 27.5 Å². The second-order valence-corrected chi connectivity index (χ2v) is 6.77. The van der Waals surface area contributed by atoms with Gasteiger partial charge in [-0.15, -0.1) is 0 Å². The van der Waals surface area contributed by atoms with Crippen molar-refractivity contribution in [2.75, 3.05) is 28.1 Å². The quantitative estimate of drug-likeness (QED) is 0.731. The van der Waals surface area contributed by atoms with Crippen molar-refractivity contribution >= 4 is 16.7 Å². The highest BCUT2D eigenvalue weighted by Crippen LogP contribution is 2.49. The Labute approximate surface area is 167 Å². The molecule has 5 rings (SSSR count). The molecule has 148 valence electrons. The third kappa shape index (κ3) is 2.47. The highest BCUT2D eigenvalue weighted by atomic mass is 16.7. The minimum atomic E-state index is -0.0896. The van der Waals surface area contributed by atoms with Crippen molar-refractivity contribution in [3.63, 3.8) is 0 Å². The molecule has 2 heterocycles. The topological polar surface area (TPSA) is 75.3 Å². The molecule has 0 unspecified atom stereocenters. The summed E-state index contributed by atoms with van der Waals surface area (Å²) in [5, 5.41) is 4.71. The van der Waals surface area contributed by atoms with Gasteiger partial charge in [0.15, 0.2) is 23.0 Å². The molecule has 0 radical (unpaired) electrons. The van der Waals surface area contributed by atoms with E-state index in [-0.39, 0.29) is 12.7 Å². The summed E-state index contributed by atoms with van der Waals surface area (Å²) in [6, 6.07) is 9.47. The maximum absolute atomic E-state index is 12.4. The number of fused-ring (bicyclic) bond motifs is 4. The van der Waals surface area contributed by atoms with Crippen LogP contribution in [0.3, 0.4) is 0 Å². The molecule has 1 amide bonds. The van der Waals surface area contributed by atoms with E-state index in [9.17, 15) is 4.79 Å². The van der Waals surface area contributed by atoms with Crippen LogP contribution in [0.2, 0.25) is 0 Å². The van der Waals surface area contributed by atoms with Gasteiger partial charge in [-0.05, 0) is 46.3 Å². The maximum atomic E-state index is 12.4. The Bertz CT molecular complexity index is 1140. The number of carbonyl (C=O) groups excluding carboxylic acids is 1. The van der Waals surface area contributed by atoms with Crippen LogP contribution in [-0.4, -0.2) is 34.0 Å². The van der Waals surface area contributed by atoms with Crippen LogP contribution in [0.5, 0.6) is 28.7 Å². The minimum Gasteiger partial charge on any atom is -0.493 e. The van der Waals surface area contributed by atoms with Crippen LogP contribution in [-0.2, 0) is 6.54 Å². The molecule has 0 spiro atoms. The van der Waals surface area contributed by atoms with Crippen LogP contribution in [0, 0.1) is 0 Å². The zero-order chi connectivity index (χ0) is 20.1. The van der Waals surface area contributed by atoms with Gasteiger partial charge < -0.3 is 29.0 Å². The van der Waals surface area contributed by atoms with Crippen LogP contribution in [0.15, 0.2) is 30.3 Å². The largest absolute Gasteiger partial charge is 0.493 e. The highest BCUT2D eigenvalue weighted by Gasteiger charge is 2.29. The molecule has 0 saturated carbocycles. The molecule has 3 aromatic carbocycles. The second-order valence-electron chi connectivity index (χ2n) is 6.77. The first kappa shape index (κ1) is 17.5. The zero-order valence-corrected chi connectivity index (χ0v) is 16.3. The number of nitrogens with one attached hydrogen (secondary N) is 1. The summed E-state index contributed by atoms with van der Waals surface area (Å²) in [5.41, 5.74) is 3.28. The molecule has 2 aliphatic heterocycles. The summed E-state index contributed by atoms with van der Waals surface area (Å²) in [4.78, 5) is 12.4. The number of benzene rings is 3. The fraction of sp³-hybridized carbons (Fsp3) is 0.227. The Morgan fingerprint density at radius 3 is 2.41 bits per heavy atom. The number of carbonyl (C=O) groups is 1. The molecule has 0 bridgehead atoms. The van der Waals surface area contributed by atoms with Gasteiger partial charge in [0.05, 0.1) is 21.3 Å². The maximum Gasteiger partial charge on any atom is 0.251 e. The van der Waals surface area contributed by atoms with Gasteiger partial charge in [-0.3, -0.25) is 4.79 Å². The molecule has 0 saturated heterocycles. The molecule has 7 heteroatoms. The van der Waals surface area contributed by atoms with Crippen LogP contribution >= 0.6 is 0 Å². The fourth-order valence-corrected chi connectivity index (χ4v) is 4.09. The van der Waals surface area contributed by atoms with Gasteiger partial charge in [-0.25, -0.2) is 0 Å². The van der Waals surface area contributed by atoms with Gasteiger partial charge >= 0.3 is 0 Å². The first-order chi connectivity index (χ1) is 14.2. The molecule has 3 aromatic rings. The van der Waals surface area contributed by atoms with Gasteiger partial charge in [0.2, 0.25) is 12.5 Å². The monoisotopic (exact) mass is 393 g/mol. The molecule has 0 atom stereocenters. The lowest BCUT2D eigenvalue weighted by atomic mass is 9.89. The zero-order valence-electron chi connectivity index (χ0n) is 16.3. The number of hydrogen-bond acceptors (Lipinski definition) is 6. The Kier molecular flexibility index (Phi) is 3.91. The molecule has 2 aliphatic rings. The van der Waals surface area contributed by atoms with Crippen molar-refractivity contribution in [1.82, 2.24) is 5.32 Å². The van der Waals surface area contributed by atoms with E-state index < -0.39 is 0 Å². The van der Waals surface area contributed by atoms with E-state index in [2.05, 4.69) is 5.32 Å². The predicted octanol–water partition coefficient (Wildman–Crippen LogP) is 3.50. The second kappa shape index (κ2) is 6.48. The van der Waals surface area contributed by atoms with Gasteiger partial charge in [0, 0.05) is 17.5 Å². The standard InChI is InChI=1S/C22H19NO6/c1-25-16-7-12(8-17(26-2)20(16)27-3)18-14-9-23-22(24)13(14)6-11-4-5-15-21(19(11)18)29-10-28-15/h4-8H,9-10H2,1-3H3,(H,23,24). The van der Waals surface area contributed by atoms with E-state index in [1.165, 1.54) is 0 Å². The molecular weight excluding hydrogens is 374 g/mol. The lowest BCUT2D eigenvalue weighted by Gasteiger charge is -2.18. The Balaban J connectivity index is 1.90. The van der Waals surface area contributed by atoms with E-state index >= 15 is 0 Å². The van der Waals surface area contributed by atoms with Gasteiger partial charge in [-0.1, -0.05) is 6.07 Å². The first-order valence-corrected chi connectivity index (χ1v) is 9.13. The van der Waals surface area contributed by atoms with Crippen molar-refractivity contribution in [3.8, 4) is 39.9 Å². The van der Waals surface area contributed by atoms with Crippen molar-refractivity contribution in [2.24, 2.45) is 0 Å². The summed E-state index contributed by atoms with van der Waals surface area (Å²) in [6.45, 7) is 0.595. The van der Waals surface area contributed by atoms with Crippen LogP contribution in [0.25, 0.3) is 21.9 Å². The lowest BCUT2D eigenvalue weighted by molar-refractivity contribution is 0.0966. The summed E-state index contributed by atoms with van der Waals surface area (Å²) in [7, 11) is 4.72. The van der Waals surface area contributed by atoms with Gasteiger partial charge in [0.25, 0.3) is 5.91 Å². The van der Waals surface area contributed by atoms with E-state index in [0.29, 0.717) is 40.9 Å². The van der Waals surface area contributed by atoms with E-state index in [1.807, 2.05) is 30.3 Å². The van der Waals surface area contributed by atoms with E-state index in [4.69, 9.17) is 23.7 Å². The van der Waals surface area contributed by atoms with Crippen molar-refractivity contribution in [1.29, 1.82) is 0 Å². The van der Waals surface area contributed by atoms with Gasteiger partial charge in [-0.2, -0.15) is 0 Å².